The van der Waals surface area contributed by atoms with Crippen molar-refractivity contribution >= 4 is 5.91 Å². The molecular formula is C42H83NO4. The number of amides is 1. The van der Waals surface area contributed by atoms with Gasteiger partial charge in [0.25, 0.3) is 0 Å². The molecule has 3 atom stereocenters. The number of carbonyl (C=O) groups excluding carboxylic acids is 1. The van der Waals surface area contributed by atoms with E-state index < -0.39 is 24.2 Å². The van der Waals surface area contributed by atoms with Gasteiger partial charge in [-0.05, 0) is 38.5 Å². The van der Waals surface area contributed by atoms with Crippen molar-refractivity contribution in [1.29, 1.82) is 0 Å². The molecule has 0 aliphatic rings. The molecule has 0 fully saturated rings. The normalized spacial score (nSPS) is 13.7. The highest BCUT2D eigenvalue weighted by Crippen LogP contribution is 2.16. The van der Waals surface area contributed by atoms with Crippen molar-refractivity contribution in [2.45, 2.75) is 244 Å². The third-order valence-corrected chi connectivity index (χ3v) is 9.88. The Bertz CT molecular complexity index is 655. The van der Waals surface area contributed by atoms with Gasteiger partial charge in [-0.2, -0.15) is 0 Å². The second-order valence-corrected chi connectivity index (χ2v) is 14.6. The average Bonchev–Trinajstić information content (AvgIpc) is 3.07. The molecule has 0 rings (SSSR count). The maximum absolute atomic E-state index is 12.4. The summed E-state index contributed by atoms with van der Waals surface area (Å²) >= 11 is 0. The SMILES string of the molecule is CCCCCCCCCCCCC/C=C\CCCCCCCCC(O)C(=O)NC(CO)C(O)CCCCCCCCCCCCCC. The smallest absolute Gasteiger partial charge is 0.249 e. The predicted octanol–water partition coefficient (Wildman–Crippen LogP) is 11.7. The number of nitrogens with one attached hydrogen (secondary N) is 1. The zero-order valence-electron chi connectivity index (χ0n) is 31.7. The highest BCUT2D eigenvalue weighted by Gasteiger charge is 2.23. The highest BCUT2D eigenvalue weighted by atomic mass is 16.3. The maximum Gasteiger partial charge on any atom is 0.249 e. The van der Waals surface area contributed by atoms with E-state index in [0.717, 1.165) is 32.1 Å². The third-order valence-electron chi connectivity index (χ3n) is 9.88. The van der Waals surface area contributed by atoms with Crippen molar-refractivity contribution in [3.63, 3.8) is 0 Å². The first-order chi connectivity index (χ1) is 23.1. The molecule has 47 heavy (non-hydrogen) atoms. The van der Waals surface area contributed by atoms with Gasteiger partial charge in [-0.25, -0.2) is 0 Å². The molecule has 3 unspecified atom stereocenters. The molecule has 4 N–H and O–H groups in total. The van der Waals surface area contributed by atoms with Gasteiger partial charge in [0.1, 0.15) is 6.10 Å². The van der Waals surface area contributed by atoms with Gasteiger partial charge in [-0.1, -0.05) is 199 Å². The largest absolute Gasteiger partial charge is 0.394 e. The minimum Gasteiger partial charge on any atom is -0.394 e. The topological polar surface area (TPSA) is 89.8 Å². The van der Waals surface area contributed by atoms with E-state index in [1.54, 1.807) is 0 Å². The Balaban J connectivity index is 3.61. The molecule has 5 heteroatoms. The van der Waals surface area contributed by atoms with Gasteiger partial charge in [-0.3, -0.25) is 4.79 Å². The number of hydrogen-bond donors (Lipinski definition) is 4. The fourth-order valence-corrected chi connectivity index (χ4v) is 6.54. The van der Waals surface area contributed by atoms with Gasteiger partial charge >= 0.3 is 0 Å². The van der Waals surface area contributed by atoms with Crippen molar-refractivity contribution in [3.8, 4) is 0 Å². The fourth-order valence-electron chi connectivity index (χ4n) is 6.54. The number of allylic oxidation sites excluding steroid dienone is 2. The number of hydrogen-bond acceptors (Lipinski definition) is 4. The lowest BCUT2D eigenvalue weighted by atomic mass is 10.0. The van der Waals surface area contributed by atoms with Crippen LogP contribution >= 0.6 is 0 Å². The Morgan fingerprint density at radius 2 is 0.809 bits per heavy atom. The number of carbonyl (C=O) groups is 1. The molecule has 1 amide bonds. The van der Waals surface area contributed by atoms with Crippen LogP contribution in [0, 0.1) is 0 Å². The Morgan fingerprint density at radius 1 is 0.489 bits per heavy atom. The molecule has 0 aromatic heterocycles. The molecule has 0 spiro atoms. The van der Waals surface area contributed by atoms with E-state index >= 15 is 0 Å². The molecule has 0 aromatic carbocycles. The van der Waals surface area contributed by atoms with Crippen LogP contribution in [0.3, 0.4) is 0 Å². The van der Waals surface area contributed by atoms with E-state index in [-0.39, 0.29) is 6.61 Å². The van der Waals surface area contributed by atoms with E-state index in [1.807, 2.05) is 0 Å². The lowest BCUT2D eigenvalue weighted by Gasteiger charge is -2.23. The van der Waals surface area contributed by atoms with Crippen LogP contribution in [-0.4, -0.2) is 46.1 Å². The van der Waals surface area contributed by atoms with Crippen LogP contribution in [0.2, 0.25) is 0 Å². The minimum absolute atomic E-state index is 0.313. The second kappa shape index (κ2) is 37.9. The molecule has 0 aliphatic heterocycles. The first-order valence-corrected chi connectivity index (χ1v) is 21.0. The number of aliphatic hydroxyl groups excluding tert-OH is 3. The summed E-state index contributed by atoms with van der Waals surface area (Å²) in [4.78, 5) is 12.4. The molecule has 280 valence electrons. The molecule has 0 saturated carbocycles. The fraction of sp³-hybridized carbons (Fsp3) is 0.929. The van der Waals surface area contributed by atoms with Gasteiger partial charge in [0.05, 0.1) is 18.8 Å². The first-order valence-electron chi connectivity index (χ1n) is 21.0. The lowest BCUT2D eigenvalue weighted by molar-refractivity contribution is -0.131. The number of aliphatic hydroxyl groups is 3. The van der Waals surface area contributed by atoms with E-state index in [9.17, 15) is 20.1 Å². The zero-order valence-corrected chi connectivity index (χ0v) is 31.7. The standard InChI is InChI=1S/C42H83NO4/c1-3-5-7-9-11-13-15-17-18-19-20-21-22-23-24-25-27-29-31-33-35-37-41(46)42(47)43-39(38-44)40(45)36-34-32-30-28-26-16-14-12-10-8-6-4-2/h22-23,39-41,44-46H,3-21,24-38H2,1-2H3,(H,43,47)/b23-22-. The average molecular weight is 666 g/mol. The van der Waals surface area contributed by atoms with Crippen LogP contribution in [0.5, 0.6) is 0 Å². The van der Waals surface area contributed by atoms with Crippen molar-refractivity contribution in [2.24, 2.45) is 0 Å². The van der Waals surface area contributed by atoms with Gasteiger partial charge in [0.2, 0.25) is 5.91 Å². The first kappa shape index (κ1) is 46.1. The molecule has 0 aromatic rings. The van der Waals surface area contributed by atoms with Crippen molar-refractivity contribution in [3.05, 3.63) is 12.2 Å². The second-order valence-electron chi connectivity index (χ2n) is 14.6. The van der Waals surface area contributed by atoms with Gasteiger partial charge in [0, 0.05) is 0 Å². The van der Waals surface area contributed by atoms with Crippen molar-refractivity contribution in [2.75, 3.05) is 6.61 Å². The van der Waals surface area contributed by atoms with Crippen LogP contribution < -0.4 is 5.32 Å². The molecule has 0 radical (unpaired) electrons. The molecule has 0 aliphatic carbocycles. The highest BCUT2D eigenvalue weighted by molar-refractivity contribution is 5.80. The maximum atomic E-state index is 12.4. The van der Waals surface area contributed by atoms with E-state index in [1.165, 1.54) is 167 Å². The Kier molecular flexibility index (Phi) is 37.2. The van der Waals surface area contributed by atoms with Crippen molar-refractivity contribution in [1.82, 2.24) is 5.32 Å². The number of unbranched alkanes of at least 4 members (excludes halogenated alkanes) is 28. The number of rotatable bonds is 38. The van der Waals surface area contributed by atoms with Gasteiger partial charge in [0.15, 0.2) is 0 Å². The summed E-state index contributed by atoms with van der Waals surface area (Å²) in [6.07, 6.45) is 43.5. The molecule has 5 nitrogen and oxygen atoms in total. The van der Waals surface area contributed by atoms with E-state index in [2.05, 4.69) is 31.3 Å². The van der Waals surface area contributed by atoms with Gasteiger partial charge in [-0.15, -0.1) is 0 Å². The Hall–Kier alpha value is -0.910. The Labute approximate surface area is 293 Å². The quantitative estimate of drug-likeness (QED) is 0.0390. The van der Waals surface area contributed by atoms with Crippen LogP contribution in [-0.2, 0) is 4.79 Å². The van der Waals surface area contributed by atoms with Crippen molar-refractivity contribution < 1.29 is 20.1 Å². The molecule has 0 saturated heterocycles. The molecule has 0 bridgehead atoms. The van der Waals surface area contributed by atoms with E-state index in [0.29, 0.717) is 12.8 Å². The summed E-state index contributed by atoms with van der Waals surface area (Å²) < 4.78 is 0. The summed E-state index contributed by atoms with van der Waals surface area (Å²) in [6, 6.07) is -0.710. The van der Waals surface area contributed by atoms with Crippen LogP contribution in [0.15, 0.2) is 12.2 Å². The van der Waals surface area contributed by atoms with Crippen LogP contribution in [0.1, 0.15) is 226 Å². The zero-order chi connectivity index (χ0) is 34.5. The summed E-state index contributed by atoms with van der Waals surface area (Å²) in [5.41, 5.74) is 0. The summed E-state index contributed by atoms with van der Waals surface area (Å²) in [7, 11) is 0. The predicted molar refractivity (Wildman–Crippen MR) is 204 cm³/mol. The lowest BCUT2D eigenvalue weighted by Crippen LogP contribution is -2.49. The summed E-state index contributed by atoms with van der Waals surface area (Å²) in [5, 5.41) is 33.2. The summed E-state index contributed by atoms with van der Waals surface area (Å²) in [6.45, 7) is 4.23. The Morgan fingerprint density at radius 3 is 1.17 bits per heavy atom. The third kappa shape index (κ3) is 33.4. The minimum atomic E-state index is -1.08. The van der Waals surface area contributed by atoms with E-state index in [4.69, 9.17) is 0 Å². The summed E-state index contributed by atoms with van der Waals surface area (Å²) in [5.74, 6) is -0.474. The molecule has 0 heterocycles. The van der Waals surface area contributed by atoms with Crippen LogP contribution in [0.25, 0.3) is 0 Å². The van der Waals surface area contributed by atoms with Gasteiger partial charge < -0.3 is 20.6 Å². The monoisotopic (exact) mass is 666 g/mol. The molecular weight excluding hydrogens is 582 g/mol. The van der Waals surface area contributed by atoms with Crippen LogP contribution in [0.4, 0.5) is 0 Å².